The predicted octanol–water partition coefficient (Wildman–Crippen LogP) is 3.25. The molecule has 0 atom stereocenters. The van der Waals surface area contributed by atoms with E-state index in [1.165, 1.54) is 0 Å². The highest BCUT2D eigenvalue weighted by molar-refractivity contribution is 7.80. The maximum atomic E-state index is 12.3. The summed E-state index contributed by atoms with van der Waals surface area (Å²) in [7, 11) is 0. The van der Waals surface area contributed by atoms with Gasteiger partial charge < -0.3 is 5.73 Å². The largest absolute Gasteiger partial charge is 0.399 e. The Kier molecular flexibility index (Phi) is 4.47. The molecule has 0 radical (unpaired) electrons. The molecule has 0 fully saturated rings. The second-order valence-electron chi connectivity index (χ2n) is 4.13. The van der Waals surface area contributed by atoms with E-state index < -0.39 is 0 Å². The van der Waals surface area contributed by atoms with Gasteiger partial charge >= 0.3 is 0 Å². The van der Waals surface area contributed by atoms with Crippen LogP contribution in [0.1, 0.15) is 6.42 Å². The summed E-state index contributed by atoms with van der Waals surface area (Å²) in [6, 6.07) is 16.8. The van der Waals surface area contributed by atoms with Crippen molar-refractivity contribution in [3.8, 4) is 0 Å². The van der Waals surface area contributed by atoms with Gasteiger partial charge in [0.2, 0.25) is 5.91 Å². The predicted molar refractivity (Wildman–Crippen MR) is 82.9 cm³/mol. The number of carbonyl (C=O) groups excluding carboxylic acids is 1. The molecule has 98 valence electrons. The molecule has 0 aliphatic rings. The standard InChI is InChI=1S/C15H16N2OS/c16-12-6-8-14(9-7-12)17(15(18)10-11-19)13-4-2-1-3-5-13/h1-9,19H,10-11,16H2. The average molecular weight is 272 g/mol. The third-order valence-corrected chi connectivity index (χ3v) is 2.96. The van der Waals surface area contributed by atoms with Crippen LogP contribution in [0.4, 0.5) is 17.1 Å². The summed E-state index contributed by atoms with van der Waals surface area (Å²) < 4.78 is 0. The second-order valence-corrected chi connectivity index (χ2v) is 4.58. The molecule has 3 nitrogen and oxygen atoms in total. The molecule has 0 bridgehead atoms. The van der Waals surface area contributed by atoms with Crippen LogP contribution in [0.5, 0.6) is 0 Å². The topological polar surface area (TPSA) is 46.3 Å². The Bertz CT molecular complexity index is 540. The number of nitrogen functional groups attached to an aromatic ring is 1. The Hall–Kier alpha value is -1.94. The maximum absolute atomic E-state index is 12.3. The fraction of sp³-hybridized carbons (Fsp3) is 0.133. The zero-order valence-electron chi connectivity index (χ0n) is 10.5. The number of nitrogens with two attached hydrogens (primary N) is 1. The highest BCUT2D eigenvalue weighted by atomic mass is 32.1. The van der Waals surface area contributed by atoms with E-state index in [4.69, 9.17) is 5.73 Å². The number of benzene rings is 2. The van der Waals surface area contributed by atoms with E-state index >= 15 is 0 Å². The van der Waals surface area contributed by atoms with Crippen LogP contribution in [0.15, 0.2) is 54.6 Å². The van der Waals surface area contributed by atoms with Gasteiger partial charge in [-0.15, -0.1) is 0 Å². The van der Waals surface area contributed by atoms with Gasteiger partial charge in [0.15, 0.2) is 0 Å². The lowest BCUT2D eigenvalue weighted by molar-refractivity contribution is -0.117. The summed E-state index contributed by atoms with van der Waals surface area (Å²) in [5, 5.41) is 0. The number of rotatable bonds is 4. The SMILES string of the molecule is Nc1ccc(N(C(=O)CCS)c2ccccc2)cc1. The number of para-hydroxylation sites is 1. The van der Waals surface area contributed by atoms with E-state index in [1.807, 2.05) is 42.5 Å². The highest BCUT2D eigenvalue weighted by Crippen LogP contribution is 2.26. The second kappa shape index (κ2) is 6.29. The first-order chi connectivity index (χ1) is 9.22. The maximum Gasteiger partial charge on any atom is 0.232 e. The average Bonchev–Trinajstić information content (AvgIpc) is 2.43. The molecule has 0 aliphatic heterocycles. The minimum absolute atomic E-state index is 0.0194. The summed E-state index contributed by atoms with van der Waals surface area (Å²) in [6.07, 6.45) is 0.391. The molecule has 4 heteroatoms. The molecule has 0 saturated heterocycles. The lowest BCUT2D eigenvalue weighted by Gasteiger charge is -2.23. The van der Waals surface area contributed by atoms with Gasteiger partial charge in [0.1, 0.15) is 0 Å². The minimum Gasteiger partial charge on any atom is -0.399 e. The number of carbonyl (C=O) groups is 1. The summed E-state index contributed by atoms with van der Waals surface area (Å²) >= 11 is 4.13. The van der Waals surface area contributed by atoms with Crippen LogP contribution in [0.25, 0.3) is 0 Å². The molecule has 2 N–H and O–H groups in total. The smallest absolute Gasteiger partial charge is 0.232 e. The van der Waals surface area contributed by atoms with E-state index in [2.05, 4.69) is 12.6 Å². The van der Waals surface area contributed by atoms with E-state index in [1.54, 1.807) is 17.0 Å². The van der Waals surface area contributed by atoms with Gasteiger partial charge in [-0.3, -0.25) is 9.69 Å². The summed E-state index contributed by atoms with van der Waals surface area (Å²) in [6.45, 7) is 0. The summed E-state index contributed by atoms with van der Waals surface area (Å²) in [5.74, 6) is 0.544. The first kappa shape index (κ1) is 13.5. The Morgan fingerprint density at radius 2 is 1.58 bits per heavy atom. The molecule has 19 heavy (non-hydrogen) atoms. The van der Waals surface area contributed by atoms with Gasteiger partial charge in [-0.25, -0.2) is 0 Å². The molecular formula is C15H16N2OS. The fourth-order valence-corrected chi connectivity index (χ4v) is 2.04. The molecule has 2 aromatic rings. The molecule has 2 aromatic carbocycles. The quantitative estimate of drug-likeness (QED) is 0.663. The van der Waals surface area contributed by atoms with Gasteiger partial charge in [0, 0.05) is 23.5 Å². The number of anilines is 3. The van der Waals surface area contributed by atoms with Crippen LogP contribution < -0.4 is 10.6 Å². The third kappa shape index (κ3) is 3.29. The van der Waals surface area contributed by atoms with Crippen LogP contribution >= 0.6 is 12.6 Å². The zero-order chi connectivity index (χ0) is 13.7. The van der Waals surface area contributed by atoms with Gasteiger partial charge in [-0.05, 0) is 42.2 Å². The molecule has 0 spiro atoms. The van der Waals surface area contributed by atoms with Crippen molar-refractivity contribution >= 4 is 35.6 Å². The Morgan fingerprint density at radius 1 is 1.00 bits per heavy atom. The van der Waals surface area contributed by atoms with Crippen molar-refractivity contribution in [2.45, 2.75) is 6.42 Å². The van der Waals surface area contributed by atoms with Crippen LogP contribution in [0.2, 0.25) is 0 Å². The van der Waals surface area contributed by atoms with Crippen molar-refractivity contribution in [3.63, 3.8) is 0 Å². The Labute approximate surface area is 118 Å². The Balaban J connectivity index is 2.40. The number of thiol groups is 1. The lowest BCUT2D eigenvalue weighted by Crippen LogP contribution is -2.25. The van der Waals surface area contributed by atoms with E-state index in [0.29, 0.717) is 17.9 Å². The normalized spacial score (nSPS) is 10.2. The van der Waals surface area contributed by atoms with Gasteiger partial charge in [0.25, 0.3) is 0 Å². The first-order valence-electron chi connectivity index (χ1n) is 6.07. The van der Waals surface area contributed by atoms with Crippen molar-refractivity contribution in [3.05, 3.63) is 54.6 Å². The summed E-state index contributed by atoms with van der Waals surface area (Å²) in [5.41, 5.74) is 8.02. The molecule has 0 heterocycles. The van der Waals surface area contributed by atoms with Crippen molar-refractivity contribution in [2.75, 3.05) is 16.4 Å². The van der Waals surface area contributed by atoms with Crippen molar-refractivity contribution in [1.29, 1.82) is 0 Å². The number of hydrogen-bond donors (Lipinski definition) is 2. The van der Waals surface area contributed by atoms with Crippen molar-refractivity contribution in [2.24, 2.45) is 0 Å². The van der Waals surface area contributed by atoms with E-state index in [-0.39, 0.29) is 5.91 Å². The number of nitrogens with zero attached hydrogens (tertiary/aromatic N) is 1. The molecule has 0 unspecified atom stereocenters. The van der Waals surface area contributed by atoms with Gasteiger partial charge in [0.05, 0.1) is 0 Å². The minimum atomic E-state index is 0.0194. The van der Waals surface area contributed by atoms with Crippen LogP contribution in [0.3, 0.4) is 0 Å². The molecule has 0 saturated carbocycles. The monoisotopic (exact) mass is 272 g/mol. The number of hydrogen-bond acceptors (Lipinski definition) is 3. The zero-order valence-corrected chi connectivity index (χ0v) is 11.4. The van der Waals surface area contributed by atoms with Crippen molar-refractivity contribution in [1.82, 2.24) is 0 Å². The highest BCUT2D eigenvalue weighted by Gasteiger charge is 2.16. The lowest BCUT2D eigenvalue weighted by atomic mass is 10.2. The van der Waals surface area contributed by atoms with Crippen molar-refractivity contribution < 1.29 is 4.79 Å². The van der Waals surface area contributed by atoms with E-state index in [0.717, 1.165) is 11.4 Å². The Morgan fingerprint density at radius 3 is 2.16 bits per heavy atom. The first-order valence-corrected chi connectivity index (χ1v) is 6.70. The fourth-order valence-electron chi connectivity index (χ4n) is 1.84. The molecule has 1 amide bonds. The van der Waals surface area contributed by atoms with Crippen LogP contribution in [-0.4, -0.2) is 11.7 Å². The summed E-state index contributed by atoms with van der Waals surface area (Å²) in [4.78, 5) is 14.0. The molecule has 0 aliphatic carbocycles. The van der Waals surface area contributed by atoms with Crippen LogP contribution in [-0.2, 0) is 4.79 Å². The van der Waals surface area contributed by atoms with Gasteiger partial charge in [-0.2, -0.15) is 12.6 Å². The molecular weight excluding hydrogens is 256 g/mol. The van der Waals surface area contributed by atoms with Crippen LogP contribution in [0, 0.1) is 0 Å². The molecule has 0 aromatic heterocycles. The van der Waals surface area contributed by atoms with E-state index in [9.17, 15) is 4.79 Å². The number of amides is 1. The van der Waals surface area contributed by atoms with Gasteiger partial charge in [-0.1, -0.05) is 18.2 Å². The third-order valence-electron chi connectivity index (χ3n) is 2.74. The molecule has 2 rings (SSSR count).